The van der Waals surface area contributed by atoms with Gasteiger partial charge in [0.2, 0.25) is 0 Å². The van der Waals surface area contributed by atoms with Crippen molar-refractivity contribution in [3.05, 3.63) is 177 Å². The van der Waals surface area contributed by atoms with Crippen LogP contribution in [0.15, 0.2) is 132 Å². The molecule has 0 fully saturated rings. The van der Waals surface area contributed by atoms with E-state index in [1.165, 1.54) is 0 Å². The van der Waals surface area contributed by atoms with E-state index in [0.717, 1.165) is 0 Å². The van der Waals surface area contributed by atoms with Gasteiger partial charge >= 0.3 is 397 Å². The minimum absolute atomic E-state index is 0.0836. The van der Waals surface area contributed by atoms with Crippen LogP contribution in [-0.2, 0) is 40.3 Å². The van der Waals surface area contributed by atoms with E-state index in [9.17, 15) is 52.7 Å². The molecule has 0 saturated carbocycles. The molecule has 0 aliphatic heterocycles. The molecule has 2 unspecified atom stereocenters. The maximum absolute atomic E-state index is 14.5. The van der Waals surface area contributed by atoms with Crippen LogP contribution in [-0.4, -0.2) is 5.92 Å². The Kier molecular flexibility index (Phi) is 12.9. The summed E-state index contributed by atoms with van der Waals surface area (Å²) in [6.45, 7) is 7.69. The number of hydrogen-bond acceptors (Lipinski definition) is 0. The van der Waals surface area contributed by atoms with Crippen LogP contribution in [0.4, 0.5) is 52.7 Å². The first-order valence-electron chi connectivity index (χ1n) is 21.7. The third-order valence-electron chi connectivity index (χ3n) is 13.5. The van der Waals surface area contributed by atoms with Crippen molar-refractivity contribution in [2.24, 2.45) is 0 Å². The normalized spacial score (nSPS) is 17.1. The summed E-state index contributed by atoms with van der Waals surface area (Å²) in [5.74, 6) is -2.43. The van der Waals surface area contributed by atoms with Crippen LogP contribution in [0.2, 0.25) is 13.1 Å². The molecule has 0 spiro atoms. The van der Waals surface area contributed by atoms with Crippen molar-refractivity contribution in [1.29, 1.82) is 0 Å². The second-order valence-corrected chi connectivity index (χ2v) is 60.2. The number of halogens is 14. The average molecular weight is 1080 g/mol. The van der Waals surface area contributed by atoms with Gasteiger partial charge in [0.15, 0.2) is 0 Å². The zero-order chi connectivity index (χ0) is 49.5. The Labute approximate surface area is 394 Å². The molecule has 0 saturated heterocycles. The molecule has 68 heavy (non-hydrogen) atoms. The molecule has 0 radical (unpaired) electrons. The Morgan fingerprint density at radius 2 is 0.750 bits per heavy atom. The van der Waals surface area contributed by atoms with Crippen molar-refractivity contribution < 1.29 is 68.2 Å². The molecule has 16 heteroatoms. The SMILES string of the molecule is CCC1=Cc2c(ccc(-c3ccccc3)c2-c2cc(C(F)(F)F)cc(C(F)(F)F)c2)[CH]1[Zr]([Cl])([Cl])([CH]1C(CC)=Cc2c1ccc(-c1ccccc1)c2-c1cc(C(F)(F)F)cc(C(F)(F)F)c1)[SiH](C)C. The number of alkyl halides is 12. The molecule has 0 amide bonds. The quantitative estimate of drug-likeness (QED) is 0.1000. The Hall–Kier alpha value is -4.36. The fourth-order valence-electron chi connectivity index (χ4n) is 10.3. The second kappa shape index (κ2) is 17.5. The molecule has 2 atom stereocenters. The summed E-state index contributed by atoms with van der Waals surface area (Å²) in [5.41, 5.74) is -1.40. The standard InChI is InChI=1S/2C25H17F6.C2H7Si.2ClH.Zr/c2*1-2-15-10-17-8-9-21(16-6-4-3-5-7-16)23(22(17)11-15)18-12-19(24(26,27)28)14-20(13-18)25(29,30)31;1-3-2;;;/h2*3-14H,2H2,1H3;3H,1-2H3;2*1H;/q;;;;;+2/p-2. The molecule has 6 aromatic carbocycles. The molecule has 6 aromatic rings. The van der Waals surface area contributed by atoms with Crippen molar-refractivity contribution in [3.63, 3.8) is 0 Å². The van der Waals surface area contributed by atoms with Crippen LogP contribution in [0.3, 0.4) is 0 Å². The number of allylic oxidation sites excluding steroid dienone is 2. The zero-order valence-electron chi connectivity index (χ0n) is 36.6. The maximum atomic E-state index is 14.5. The van der Waals surface area contributed by atoms with Crippen molar-refractivity contribution in [3.8, 4) is 44.5 Å². The summed E-state index contributed by atoms with van der Waals surface area (Å²) in [5, 5.41) is 0. The van der Waals surface area contributed by atoms with E-state index < -0.39 is 75.7 Å². The molecule has 0 N–H and O–H groups in total. The van der Waals surface area contributed by atoms with Gasteiger partial charge in [-0.1, -0.05) is 0 Å². The van der Waals surface area contributed by atoms with E-state index in [-0.39, 0.29) is 34.4 Å². The van der Waals surface area contributed by atoms with E-state index in [4.69, 9.17) is 17.0 Å². The van der Waals surface area contributed by atoms with Gasteiger partial charge in [-0.25, -0.2) is 0 Å². The van der Waals surface area contributed by atoms with E-state index in [1.807, 2.05) is 26.9 Å². The van der Waals surface area contributed by atoms with Crippen LogP contribution in [0.5, 0.6) is 0 Å². The van der Waals surface area contributed by atoms with Gasteiger partial charge in [0, 0.05) is 0 Å². The number of benzene rings is 6. The number of rotatable bonds is 9. The fraction of sp³-hybridized carbons (Fsp3) is 0.231. The summed E-state index contributed by atoms with van der Waals surface area (Å²) in [6, 6.07) is 27.0. The summed E-state index contributed by atoms with van der Waals surface area (Å²) >= 11 is -5.90. The van der Waals surface area contributed by atoms with E-state index in [0.29, 0.717) is 92.8 Å². The minimum atomic E-state index is -5.90. The third kappa shape index (κ3) is 8.68. The molecule has 0 heterocycles. The first kappa shape index (κ1) is 50.0. The predicted octanol–water partition coefficient (Wildman–Crippen LogP) is 18.8. The summed E-state index contributed by atoms with van der Waals surface area (Å²) in [4.78, 5) is 0. The molecule has 8 rings (SSSR count). The first-order chi connectivity index (χ1) is 31.7. The Morgan fingerprint density at radius 3 is 1.01 bits per heavy atom. The fourth-order valence-corrected chi connectivity index (χ4v) is 42.1. The van der Waals surface area contributed by atoms with Gasteiger partial charge in [0.25, 0.3) is 0 Å². The summed E-state index contributed by atoms with van der Waals surface area (Å²) in [6.07, 6.45) is -16.3. The van der Waals surface area contributed by atoms with Crippen molar-refractivity contribution in [2.45, 2.75) is 71.7 Å². The first-order valence-corrected chi connectivity index (χ1v) is 38.0. The Balaban J connectivity index is 1.44. The van der Waals surface area contributed by atoms with Gasteiger partial charge < -0.3 is 0 Å². The van der Waals surface area contributed by atoms with Gasteiger partial charge in [0.1, 0.15) is 0 Å². The molecule has 0 aromatic heterocycles. The van der Waals surface area contributed by atoms with Crippen LogP contribution in [0, 0.1) is 0 Å². The monoisotopic (exact) mass is 1080 g/mol. The summed E-state index contributed by atoms with van der Waals surface area (Å²) < 4.78 is 172. The van der Waals surface area contributed by atoms with Crippen molar-refractivity contribution >= 4 is 35.1 Å². The van der Waals surface area contributed by atoms with Crippen LogP contribution >= 0.6 is 17.0 Å². The Bertz CT molecular complexity index is 2740. The van der Waals surface area contributed by atoms with Crippen molar-refractivity contribution in [2.75, 3.05) is 0 Å². The molecule has 0 nitrogen and oxygen atoms in total. The molecule has 2 aliphatic carbocycles. The van der Waals surface area contributed by atoms with Crippen LogP contribution < -0.4 is 0 Å². The second-order valence-electron chi connectivity index (χ2n) is 17.7. The van der Waals surface area contributed by atoms with Gasteiger partial charge in [-0.2, -0.15) is 0 Å². The molecular weight excluding hydrogens is 1040 g/mol. The molecule has 355 valence electrons. The zero-order valence-corrected chi connectivity index (χ0v) is 41.8. The van der Waals surface area contributed by atoms with Gasteiger partial charge in [-0.15, -0.1) is 0 Å². The van der Waals surface area contributed by atoms with Gasteiger partial charge in [-0.05, 0) is 0 Å². The van der Waals surface area contributed by atoms with E-state index >= 15 is 0 Å². The number of hydrogen-bond donors (Lipinski definition) is 0. The van der Waals surface area contributed by atoms with Crippen molar-refractivity contribution in [1.82, 2.24) is 0 Å². The van der Waals surface area contributed by atoms with Gasteiger partial charge in [0.05, 0.1) is 0 Å². The van der Waals surface area contributed by atoms with Crippen LogP contribution in [0.25, 0.3) is 56.7 Å². The molecule has 2 aliphatic rings. The summed E-state index contributed by atoms with van der Waals surface area (Å²) in [7, 11) is 17.1. The Morgan fingerprint density at radius 1 is 0.441 bits per heavy atom. The van der Waals surface area contributed by atoms with Gasteiger partial charge in [-0.3, -0.25) is 0 Å². The average Bonchev–Trinajstić information content (AvgIpc) is 3.88. The van der Waals surface area contributed by atoms with Crippen LogP contribution in [0.1, 0.15) is 78.4 Å². The number of fused-ring (bicyclic) bond motifs is 2. The predicted molar refractivity (Wildman–Crippen MR) is 247 cm³/mol. The van der Waals surface area contributed by atoms with E-state index in [1.54, 1.807) is 97.1 Å². The molecular formula is C52H41Cl2F12SiZr. The third-order valence-corrected chi connectivity index (χ3v) is 65.4. The van der Waals surface area contributed by atoms with E-state index in [2.05, 4.69) is 0 Å². The molecule has 0 bridgehead atoms. The topological polar surface area (TPSA) is 0 Å².